The molecule has 5 heteroatoms. The van der Waals surface area contributed by atoms with Gasteiger partial charge in [0, 0.05) is 19.3 Å². The summed E-state index contributed by atoms with van der Waals surface area (Å²) in [7, 11) is 1.39. The first kappa shape index (κ1) is 13.8. The van der Waals surface area contributed by atoms with Gasteiger partial charge in [-0.25, -0.2) is 9.78 Å². The number of carbonyl (C=O) groups excluding carboxylic acids is 1. The topological polar surface area (TPSA) is 68.5 Å². The van der Waals surface area contributed by atoms with Crippen LogP contribution in [0.5, 0.6) is 0 Å². The number of piperidine rings is 1. The number of nitrogens with zero attached hydrogens (tertiary/aromatic N) is 2. The molecule has 0 spiro atoms. The molecule has 2 heterocycles. The first-order valence-corrected chi connectivity index (χ1v) is 6.65. The summed E-state index contributed by atoms with van der Waals surface area (Å²) < 4.78 is 4.81. The van der Waals surface area contributed by atoms with Crippen LogP contribution >= 0.6 is 0 Å². The Hall–Kier alpha value is -1.62. The van der Waals surface area contributed by atoms with Crippen LogP contribution in [0.25, 0.3) is 0 Å². The minimum atomic E-state index is -0.342. The summed E-state index contributed by atoms with van der Waals surface area (Å²) in [4.78, 5) is 18.3. The van der Waals surface area contributed by atoms with Gasteiger partial charge < -0.3 is 15.4 Å². The Bertz CT molecular complexity index is 450. The van der Waals surface area contributed by atoms with Gasteiger partial charge >= 0.3 is 5.97 Å². The van der Waals surface area contributed by atoms with Gasteiger partial charge in [0.25, 0.3) is 0 Å². The first-order chi connectivity index (χ1) is 9.17. The van der Waals surface area contributed by atoms with Gasteiger partial charge in [0.1, 0.15) is 11.4 Å². The van der Waals surface area contributed by atoms with E-state index in [1.54, 1.807) is 18.3 Å². The molecule has 2 unspecified atom stereocenters. The van der Waals surface area contributed by atoms with E-state index in [4.69, 9.17) is 10.5 Å². The van der Waals surface area contributed by atoms with Gasteiger partial charge in [-0.1, -0.05) is 6.92 Å². The zero-order valence-corrected chi connectivity index (χ0v) is 11.5. The highest BCUT2D eigenvalue weighted by atomic mass is 16.5. The third-order valence-corrected chi connectivity index (χ3v) is 3.91. The highest BCUT2D eigenvalue weighted by Gasteiger charge is 2.28. The lowest BCUT2D eigenvalue weighted by atomic mass is 9.87. The van der Waals surface area contributed by atoms with E-state index >= 15 is 0 Å². The highest BCUT2D eigenvalue weighted by Crippen LogP contribution is 2.27. The van der Waals surface area contributed by atoms with Crippen molar-refractivity contribution in [1.29, 1.82) is 0 Å². The molecule has 2 atom stereocenters. The van der Waals surface area contributed by atoms with E-state index in [2.05, 4.69) is 16.8 Å². The van der Waals surface area contributed by atoms with Crippen molar-refractivity contribution in [3.63, 3.8) is 0 Å². The Morgan fingerprint density at radius 2 is 2.42 bits per heavy atom. The summed E-state index contributed by atoms with van der Waals surface area (Å²) >= 11 is 0. The Labute approximate surface area is 113 Å². The fourth-order valence-electron chi connectivity index (χ4n) is 2.57. The first-order valence-electron chi connectivity index (χ1n) is 6.65. The number of methoxy groups -OCH3 is 1. The quantitative estimate of drug-likeness (QED) is 0.832. The molecule has 104 valence electrons. The number of rotatable bonds is 3. The second-order valence-electron chi connectivity index (χ2n) is 5.07. The molecule has 1 aliphatic rings. The van der Waals surface area contributed by atoms with Crippen LogP contribution < -0.4 is 10.6 Å². The smallest absolute Gasteiger partial charge is 0.341 e. The number of ether oxygens (including phenoxy) is 1. The Balaban J connectivity index is 2.24. The molecular weight excluding hydrogens is 242 g/mol. The Morgan fingerprint density at radius 3 is 3.11 bits per heavy atom. The average molecular weight is 263 g/mol. The monoisotopic (exact) mass is 263 g/mol. The van der Waals surface area contributed by atoms with E-state index in [-0.39, 0.29) is 5.97 Å². The number of hydrogen-bond donors (Lipinski definition) is 1. The lowest BCUT2D eigenvalue weighted by molar-refractivity contribution is 0.0601. The lowest BCUT2D eigenvalue weighted by Crippen LogP contribution is -2.43. The molecule has 2 N–H and O–H groups in total. The number of esters is 1. The summed E-state index contributed by atoms with van der Waals surface area (Å²) in [5, 5.41) is 0. The Morgan fingerprint density at radius 1 is 1.63 bits per heavy atom. The average Bonchev–Trinajstić information content (AvgIpc) is 2.47. The molecule has 5 nitrogen and oxygen atoms in total. The lowest BCUT2D eigenvalue weighted by Gasteiger charge is -2.37. The molecule has 1 aromatic heterocycles. The molecule has 0 aliphatic carbocycles. The van der Waals surface area contributed by atoms with Crippen LogP contribution in [-0.4, -0.2) is 37.7 Å². The molecule has 1 fully saturated rings. The molecule has 0 radical (unpaired) electrons. The van der Waals surface area contributed by atoms with E-state index < -0.39 is 0 Å². The van der Waals surface area contributed by atoms with Crippen molar-refractivity contribution in [3.8, 4) is 0 Å². The van der Waals surface area contributed by atoms with Crippen LogP contribution in [0.1, 0.15) is 23.7 Å². The van der Waals surface area contributed by atoms with Crippen molar-refractivity contribution in [1.82, 2.24) is 4.98 Å². The SMILES string of the molecule is COC(=O)c1cccnc1N1CCC(C)C(CN)C1. The van der Waals surface area contributed by atoms with Crippen LogP contribution in [0.3, 0.4) is 0 Å². The molecule has 19 heavy (non-hydrogen) atoms. The van der Waals surface area contributed by atoms with Gasteiger partial charge in [-0.15, -0.1) is 0 Å². The fourth-order valence-corrected chi connectivity index (χ4v) is 2.57. The van der Waals surface area contributed by atoms with Gasteiger partial charge in [0.2, 0.25) is 0 Å². The number of carbonyl (C=O) groups is 1. The zero-order valence-electron chi connectivity index (χ0n) is 11.5. The van der Waals surface area contributed by atoms with Crippen molar-refractivity contribution < 1.29 is 9.53 Å². The molecule has 2 rings (SSSR count). The molecule has 0 saturated carbocycles. The maximum absolute atomic E-state index is 11.8. The Kier molecular flexibility index (Phi) is 4.37. The van der Waals surface area contributed by atoms with E-state index in [1.165, 1.54) is 7.11 Å². The maximum Gasteiger partial charge on any atom is 0.341 e. The van der Waals surface area contributed by atoms with Crippen LogP contribution in [0.2, 0.25) is 0 Å². The maximum atomic E-state index is 11.8. The predicted octanol–water partition coefficient (Wildman–Crippen LogP) is 1.29. The standard InChI is InChI=1S/C14H21N3O2/c1-10-5-7-17(9-11(10)8-15)13-12(14(18)19-2)4-3-6-16-13/h3-4,6,10-11H,5,7-9,15H2,1-2H3. The normalized spacial score (nSPS) is 23.2. The minimum absolute atomic E-state index is 0.342. The largest absolute Gasteiger partial charge is 0.465 e. The van der Waals surface area contributed by atoms with Crippen molar-refractivity contribution in [2.45, 2.75) is 13.3 Å². The van der Waals surface area contributed by atoms with Gasteiger partial charge in [-0.3, -0.25) is 0 Å². The van der Waals surface area contributed by atoms with Crippen molar-refractivity contribution in [2.75, 3.05) is 31.6 Å². The number of hydrogen-bond acceptors (Lipinski definition) is 5. The van der Waals surface area contributed by atoms with Crippen molar-refractivity contribution in [2.24, 2.45) is 17.6 Å². The van der Waals surface area contributed by atoms with E-state index in [0.29, 0.717) is 29.8 Å². The summed E-state index contributed by atoms with van der Waals surface area (Å²) in [5.74, 6) is 1.43. The van der Waals surface area contributed by atoms with Gasteiger partial charge in [0.05, 0.1) is 7.11 Å². The predicted molar refractivity (Wildman–Crippen MR) is 74.1 cm³/mol. The molecule has 1 aliphatic heterocycles. The molecule has 1 aromatic rings. The molecule has 0 bridgehead atoms. The third-order valence-electron chi connectivity index (χ3n) is 3.91. The van der Waals surface area contributed by atoms with Crippen molar-refractivity contribution >= 4 is 11.8 Å². The van der Waals surface area contributed by atoms with E-state index in [0.717, 1.165) is 19.5 Å². The fraction of sp³-hybridized carbons (Fsp3) is 0.571. The number of nitrogens with two attached hydrogens (primary N) is 1. The number of aromatic nitrogens is 1. The zero-order chi connectivity index (χ0) is 13.8. The number of anilines is 1. The van der Waals surface area contributed by atoms with Crippen LogP contribution in [0.4, 0.5) is 5.82 Å². The second-order valence-corrected chi connectivity index (χ2v) is 5.07. The van der Waals surface area contributed by atoms with Gasteiger partial charge in [-0.2, -0.15) is 0 Å². The minimum Gasteiger partial charge on any atom is -0.465 e. The second kappa shape index (κ2) is 6.02. The van der Waals surface area contributed by atoms with Crippen molar-refractivity contribution in [3.05, 3.63) is 23.9 Å². The number of pyridine rings is 1. The van der Waals surface area contributed by atoms with Crippen LogP contribution in [0, 0.1) is 11.8 Å². The summed E-state index contributed by atoms with van der Waals surface area (Å²) in [6, 6.07) is 3.51. The molecular formula is C14H21N3O2. The summed E-state index contributed by atoms with van der Waals surface area (Å²) in [6.07, 6.45) is 2.77. The van der Waals surface area contributed by atoms with Crippen LogP contribution in [-0.2, 0) is 4.74 Å². The van der Waals surface area contributed by atoms with Crippen LogP contribution in [0.15, 0.2) is 18.3 Å². The van der Waals surface area contributed by atoms with Gasteiger partial charge in [-0.05, 0) is 36.9 Å². The third kappa shape index (κ3) is 2.87. The summed E-state index contributed by atoms with van der Waals surface area (Å²) in [6.45, 7) is 4.64. The summed E-state index contributed by atoms with van der Waals surface area (Å²) in [5.41, 5.74) is 6.34. The highest BCUT2D eigenvalue weighted by molar-refractivity contribution is 5.94. The molecule has 0 aromatic carbocycles. The molecule has 0 amide bonds. The van der Waals surface area contributed by atoms with E-state index in [1.807, 2.05) is 0 Å². The van der Waals surface area contributed by atoms with E-state index in [9.17, 15) is 4.79 Å². The van der Waals surface area contributed by atoms with Gasteiger partial charge in [0.15, 0.2) is 0 Å². The molecule has 1 saturated heterocycles.